The van der Waals surface area contributed by atoms with Crippen LogP contribution in [0.15, 0.2) is 60.8 Å². The van der Waals surface area contributed by atoms with Crippen molar-refractivity contribution in [2.75, 3.05) is 13.2 Å². The molecule has 0 aromatic carbocycles. The second-order valence-electron chi connectivity index (χ2n) is 17.8. The number of unbranched alkanes of at least 4 members (excludes halogenated alkanes) is 27. The highest BCUT2D eigenvalue weighted by atomic mass is 16.6. The second kappa shape index (κ2) is 51.7. The summed E-state index contributed by atoms with van der Waals surface area (Å²) in [5.74, 6) is -0.955. The summed E-state index contributed by atoms with van der Waals surface area (Å²) in [6.07, 6.45) is 63.5. The van der Waals surface area contributed by atoms with Gasteiger partial charge >= 0.3 is 17.9 Å². The second-order valence-corrected chi connectivity index (χ2v) is 17.8. The molecule has 0 aromatic rings. The third kappa shape index (κ3) is 50.0. The largest absolute Gasteiger partial charge is 0.462 e. The monoisotopic (exact) mass is 881 g/mol. The lowest BCUT2D eigenvalue weighted by Gasteiger charge is -2.18. The van der Waals surface area contributed by atoms with Gasteiger partial charge < -0.3 is 14.2 Å². The molecule has 6 heteroatoms. The molecule has 0 N–H and O–H groups in total. The molecule has 0 fully saturated rings. The Morgan fingerprint density at radius 2 is 0.587 bits per heavy atom. The first-order chi connectivity index (χ1) is 31.0. The van der Waals surface area contributed by atoms with Gasteiger partial charge in [0.25, 0.3) is 0 Å². The van der Waals surface area contributed by atoms with Crippen LogP contribution in [-0.2, 0) is 28.6 Å². The predicted molar refractivity (Wildman–Crippen MR) is 270 cm³/mol. The van der Waals surface area contributed by atoms with Crippen molar-refractivity contribution in [2.24, 2.45) is 0 Å². The Labute approximate surface area is 390 Å². The summed E-state index contributed by atoms with van der Waals surface area (Å²) >= 11 is 0. The molecule has 0 rings (SSSR count). The van der Waals surface area contributed by atoms with Gasteiger partial charge in [0.15, 0.2) is 6.10 Å². The topological polar surface area (TPSA) is 78.9 Å². The van der Waals surface area contributed by atoms with Crippen LogP contribution in [0.3, 0.4) is 0 Å². The van der Waals surface area contributed by atoms with E-state index in [9.17, 15) is 14.4 Å². The van der Waals surface area contributed by atoms with E-state index in [2.05, 4.69) is 81.5 Å². The molecule has 63 heavy (non-hydrogen) atoms. The van der Waals surface area contributed by atoms with Crippen molar-refractivity contribution in [1.29, 1.82) is 0 Å². The van der Waals surface area contributed by atoms with Crippen molar-refractivity contribution in [3.05, 3.63) is 60.8 Å². The Balaban J connectivity index is 4.46. The smallest absolute Gasteiger partial charge is 0.306 e. The zero-order valence-electron chi connectivity index (χ0n) is 41.6. The lowest BCUT2D eigenvalue weighted by Crippen LogP contribution is -2.30. The highest BCUT2D eigenvalue weighted by Crippen LogP contribution is 2.15. The van der Waals surface area contributed by atoms with Gasteiger partial charge in [0.1, 0.15) is 13.2 Å². The van der Waals surface area contributed by atoms with E-state index in [4.69, 9.17) is 14.2 Å². The molecular weight excluding hydrogens is 781 g/mol. The maximum absolute atomic E-state index is 12.8. The van der Waals surface area contributed by atoms with Crippen molar-refractivity contribution >= 4 is 17.9 Å². The normalized spacial score (nSPS) is 12.5. The Morgan fingerprint density at radius 1 is 0.317 bits per heavy atom. The van der Waals surface area contributed by atoms with Crippen LogP contribution in [0.25, 0.3) is 0 Å². The minimum Gasteiger partial charge on any atom is -0.462 e. The fraction of sp³-hybridized carbons (Fsp3) is 0.772. The van der Waals surface area contributed by atoms with Gasteiger partial charge in [0, 0.05) is 19.3 Å². The molecule has 0 aliphatic carbocycles. The summed E-state index contributed by atoms with van der Waals surface area (Å²) in [4.78, 5) is 38.0. The molecule has 0 aromatic heterocycles. The third-order valence-corrected chi connectivity index (χ3v) is 11.5. The number of carbonyl (C=O) groups is 3. The van der Waals surface area contributed by atoms with E-state index in [0.717, 1.165) is 83.5 Å². The van der Waals surface area contributed by atoms with E-state index in [1.165, 1.54) is 135 Å². The molecule has 364 valence electrons. The van der Waals surface area contributed by atoms with Gasteiger partial charge in [0.2, 0.25) is 0 Å². The van der Waals surface area contributed by atoms with Gasteiger partial charge in [-0.25, -0.2) is 0 Å². The van der Waals surface area contributed by atoms with Gasteiger partial charge in [-0.15, -0.1) is 0 Å². The van der Waals surface area contributed by atoms with Crippen molar-refractivity contribution in [1.82, 2.24) is 0 Å². The van der Waals surface area contributed by atoms with E-state index < -0.39 is 6.10 Å². The minimum atomic E-state index is -0.797. The Kier molecular flexibility index (Phi) is 49.4. The van der Waals surface area contributed by atoms with Crippen LogP contribution in [0.1, 0.15) is 265 Å². The fourth-order valence-electron chi connectivity index (χ4n) is 7.43. The summed E-state index contributed by atoms with van der Waals surface area (Å²) in [6.45, 7) is 6.56. The first-order valence-corrected chi connectivity index (χ1v) is 26.8. The molecule has 0 heterocycles. The van der Waals surface area contributed by atoms with E-state index in [1.54, 1.807) is 0 Å². The summed E-state index contributed by atoms with van der Waals surface area (Å²) in [7, 11) is 0. The van der Waals surface area contributed by atoms with E-state index >= 15 is 0 Å². The molecule has 0 radical (unpaired) electrons. The van der Waals surface area contributed by atoms with Crippen LogP contribution in [-0.4, -0.2) is 37.2 Å². The first-order valence-electron chi connectivity index (χ1n) is 26.8. The summed E-state index contributed by atoms with van der Waals surface area (Å²) in [6, 6.07) is 0. The molecule has 0 aliphatic rings. The zero-order chi connectivity index (χ0) is 45.8. The average Bonchev–Trinajstić information content (AvgIpc) is 3.28. The van der Waals surface area contributed by atoms with Crippen LogP contribution in [0.2, 0.25) is 0 Å². The van der Waals surface area contributed by atoms with E-state index in [-0.39, 0.29) is 37.5 Å². The fourth-order valence-corrected chi connectivity index (χ4v) is 7.43. The summed E-state index contributed by atoms with van der Waals surface area (Å²) in [5, 5.41) is 0. The van der Waals surface area contributed by atoms with Gasteiger partial charge in [0.05, 0.1) is 0 Å². The lowest BCUT2D eigenvalue weighted by molar-refractivity contribution is -0.167. The van der Waals surface area contributed by atoms with E-state index in [1.807, 2.05) is 0 Å². The number of rotatable bonds is 48. The molecule has 0 spiro atoms. The molecule has 1 atom stereocenters. The standard InChI is InChI=1S/C57H100O6/c1-4-7-10-13-16-19-22-25-27-28-30-33-35-38-41-44-47-50-56(59)62-53-54(63-57(60)51-48-45-42-39-36-31-24-21-18-15-12-9-6-3)52-61-55(58)49-46-43-40-37-34-32-29-26-23-20-17-14-11-8-5-2/h17,20,25-27,29-30,33,38,41,54H,4-16,18-19,21-24,28,31-32,34-37,39-40,42-53H2,1-3H3/b20-17-,27-25-,29-26-,33-30-,41-38-/t54-/m1/s1. The molecular formula is C57H100O6. The Hall–Kier alpha value is -2.89. The molecule has 0 aliphatic heterocycles. The SMILES string of the molecule is CCCCC/C=C\C/C=C\CCCCCCCC(=O)OC[C@H](COC(=O)CCC/C=C\C/C=C\C/C=C\CCCCCCCC)OC(=O)CCCCCCCCCCCCCCC. The highest BCUT2D eigenvalue weighted by Gasteiger charge is 2.19. The molecule has 0 amide bonds. The number of carbonyl (C=O) groups excluding carboxylic acids is 3. The Morgan fingerprint density at radius 3 is 0.984 bits per heavy atom. The lowest BCUT2D eigenvalue weighted by atomic mass is 10.0. The van der Waals surface area contributed by atoms with Crippen molar-refractivity contribution < 1.29 is 28.6 Å². The zero-order valence-corrected chi connectivity index (χ0v) is 41.6. The number of ether oxygens (including phenoxy) is 3. The maximum atomic E-state index is 12.8. The van der Waals surface area contributed by atoms with Crippen LogP contribution >= 0.6 is 0 Å². The average molecular weight is 881 g/mol. The number of allylic oxidation sites excluding steroid dienone is 10. The van der Waals surface area contributed by atoms with Gasteiger partial charge in [-0.1, -0.05) is 223 Å². The highest BCUT2D eigenvalue weighted by molar-refractivity contribution is 5.71. The molecule has 0 bridgehead atoms. The maximum Gasteiger partial charge on any atom is 0.306 e. The molecule has 0 unspecified atom stereocenters. The number of esters is 3. The molecule has 6 nitrogen and oxygen atoms in total. The van der Waals surface area contributed by atoms with E-state index in [0.29, 0.717) is 19.3 Å². The first kappa shape index (κ1) is 60.1. The third-order valence-electron chi connectivity index (χ3n) is 11.5. The predicted octanol–water partition coefficient (Wildman–Crippen LogP) is 17.6. The summed E-state index contributed by atoms with van der Waals surface area (Å²) < 4.78 is 16.8. The number of hydrogen-bond acceptors (Lipinski definition) is 6. The Bertz CT molecular complexity index is 1150. The van der Waals surface area contributed by atoms with Crippen LogP contribution in [0.4, 0.5) is 0 Å². The molecule has 0 saturated carbocycles. The van der Waals surface area contributed by atoms with Gasteiger partial charge in [-0.3, -0.25) is 14.4 Å². The van der Waals surface area contributed by atoms with Crippen LogP contribution in [0.5, 0.6) is 0 Å². The van der Waals surface area contributed by atoms with Crippen molar-refractivity contribution in [3.8, 4) is 0 Å². The van der Waals surface area contributed by atoms with Gasteiger partial charge in [-0.05, 0) is 83.5 Å². The number of hydrogen-bond donors (Lipinski definition) is 0. The summed E-state index contributed by atoms with van der Waals surface area (Å²) in [5.41, 5.74) is 0. The van der Waals surface area contributed by atoms with Crippen LogP contribution in [0, 0.1) is 0 Å². The van der Waals surface area contributed by atoms with Gasteiger partial charge in [-0.2, -0.15) is 0 Å². The van der Waals surface area contributed by atoms with Crippen molar-refractivity contribution in [2.45, 2.75) is 271 Å². The van der Waals surface area contributed by atoms with Crippen LogP contribution < -0.4 is 0 Å². The van der Waals surface area contributed by atoms with Crippen molar-refractivity contribution in [3.63, 3.8) is 0 Å². The minimum absolute atomic E-state index is 0.0953. The quantitative estimate of drug-likeness (QED) is 0.0262. The molecule has 0 saturated heterocycles.